The number of esters is 1. The number of fused-ring (bicyclic) bond motifs is 2. The van der Waals surface area contributed by atoms with Crippen LogP contribution in [0, 0.1) is 0 Å². The lowest BCUT2D eigenvalue weighted by Crippen LogP contribution is -2.36. The van der Waals surface area contributed by atoms with Crippen LogP contribution in [0.15, 0.2) is 6.07 Å². The number of carbonyl (C=O) groups excluding carboxylic acids is 1. The Morgan fingerprint density at radius 1 is 1.23 bits per heavy atom. The molecule has 1 aliphatic rings. The molecule has 0 bridgehead atoms. The van der Waals surface area contributed by atoms with Crippen molar-refractivity contribution in [3.8, 4) is 0 Å². The van der Waals surface area contributed by atoms with Crippen molar-refractivity contribution < 1.29 is 22.7 Å². The lowest BCUT2D eigenvalue weighted by atomic mass is 10.2. The molecule has 0 atom stereocenters. The molecule has 0 aliphatic carbocycles. The van der Waals surface area contributed by atoms with E-state index >= 15 is 0 Å². The molecule has 4 rings (SSSR count). The van der Waals surface area contributed by atoms with Crippen molar-refractivity contribution in [2.75, 3.05) is 18.1 Å². The number of hydrogen-bond acceptors (Lipinski definition) is 8. The molecule has 1 aliphatic heterocycles. The van der Waals surface area contributed by atoms with Gasteiger partial charge in [0.15, 0.2) is 5.82 Å². The average Bonchev–Trinajstić information content (AvgIpc) is 3.30. The van der Waals surface area contributed by atoms with Gasteiger partial charge in [-0.1, -0.05) is 13.3 Å². The van der Waals surface area contributed by atoms with E-state index in [1.807, 2.05) is 11.0 Å². The first kappa shape index (κ1) is 21.5. The third kappa shape index (κ3) is 4.34. The molecule has 0 saturated carbocycles. The molecular formula is C19H21F3N6O2S. The minimum absolute atomic E-state index is 0.0694. The van der Waals surface area contributed by atoms with Crippen LogP contribution < -0.4 is 4.90 Å². The summed E-state index contributed by atoms with van der Waals surface area (Å²) in [5.74, 6) is -0.272. The number of thiophene rings is 1. The van der Waals surface area contributed by atoms with Crippen LogP contribution >= 0.6 is 11.3 Å². The zero-order valence-corrected chi connectivity index (χ0v) is 17.9. The second-order valence-corrected chi connectivity index (χ2v) is 8.25. The average molecular weight is 454 g/mol. The molecule has 0 N–H and O–H groups in total. The summed E-state index contributed by atoms with van der Waals surface area (Å²) >= 11 is 1.54. The zero-order chi connectivity index (χ0) is 22.2. The molecule has 0 unspecified atom stereocenters. The molecule has 166 valence electrons. The predicted molar refractivity (Wildman–Crippen MR) is 108 cm³/mol. The Morgan fingerprint density at radius 3 is 2.74 bits per heavy atom. The van der Waals surface area contributed by atoms with Gasteiger partial charge in [0.05, 0.1) is 18.5 Å². The van der Waals surface area contributed by atoms with Gasteiger partial charge >= 0.3 is 12.1 Å². The van der Waals surface area contributed by atoms with Crippen LogP contribution in [0.2, 0.25) is 0 Å². The fraction of sp³-hybridized carbons (Fsp3) is 0.526. The van der Waals surface area contributed by atoms with Crippen molar-refractivity contribution in [1.29, 1.82) is 0 Å². The van der Waals surface area contributed by atoms with Crippen LogP contribution in [0.25, 0.3) is 10.2 Å². The quantitative estimate of drug-likeness (QED) is 0.528. The number of ether oxygens (including phenoxy) is 1. The molecule has 0 radical (unpaired) electrons. The Morgan fingerprint density at radius 2 is 2.03 bits per heavy atom. The summed E-state index contributed by atoms with van der Waals surface area (Å²) in [6.45, 7) is 4.59. The van der Waals surface area contributed by atoms with Crippen molar-refractivity contribution >= 4 is 33.3 Å². The molecule has 31 heavy (non-hydrogen) atoms. The van der Waals surface area contributed by atoms with E-state index in [2.05, 4.69) is 27.1 Å². The summed E-state index contributed by atoms with van der Waals surface area (Å²) in [6, 6.07) is 2.02. The smallest absolute Gasteiger partial charge is 0.451 e. The van der Waals surface area contributed by atoms with Crippen LogP contribution in [-0.4, -0.2) is 43.9 Å². The van der Waals surface area contributed by atoms with Crippen molar-refractivity contribution in [1.82, 2.24) is 24.7 Å². The highest BCUT2D eigenvalue weighted by Crippen LogP contribution is 2.35. The third-order valence-electron chi connectivity index (χ3n) is 4.88. The Hall–Kier alpha value is -2.76. The van der Waals surface area contributed by atoms with E-state index in [0.29, 0.717) is 18.2 Å². The number of hydrogen-bond donors (Lipinski definition) is 0. The van der Waals surface area contributed by atoms with Crippen molar-refractivity contribution in [3.05, 3.63) is 28.4 Å². The van der Waals surface area contributed by atoms with E-state index in [4.69, 9.17) is 4.74 Å². The largest absolute Gasteiger partial charge is 0.466 e. The Bertz CT molecular complexity index is 1110. The van der Waals surface area contributed by atoms with E-state index in [1.54, 1.807) is 6.92 Å². The van der Waals surface area contributed by atoms with Gasteiger partial charge in [0.25, 0.3) is 0 Å². The van der Waals surface area contributed by atoms with Crippen LogP contribution in [0.1, 0.15) is 42.6 Å². The fourth-order valence-electron chi connectivity index (χ4n) is 3.58. The number of carbonyl (C=O) groups is 1. The maximum atomic E-state index is 13.2. The van der Waals surface area contributed by atoms with E-state index in [1.165, 1.54) is 11.3 Å². The van der Waals surface area contributed by atoms with Crippen LogP contribution in [0.4, 0.5) is 19.0 Å². The van der Waals surface area contributed by atoms with Gasteiger partial charge in [0.1, 0.15) is 22.9 Å². The molecule has 8 nitrogen and oxygen atoms in total. The zero-order valence-electron chi connectivity index (χ0n) is 17.1. The highest BCUT2D eigenvalue weighted by atomic mass is 32.1. The third-order valence-corrected chi connectivity index (χ3v) is 5.97. The summed E-state index contributed by atoms with van der Waals surface area (Å²) in [5.41, 5.74) is 0. The number of anilines is 1. The van der Waals surface area contributed by atoms with Crippen LogP contribution in [-0.2, 0) is 41.6 Å². The van der Waals surface area contributed by atoms with Gasteiger partial charge in [-0.05, 0) is 19.4 Å². The first-order valence-corrected chi connectivity index (χ1v) is 10.8. The lowest BCUT2D eigenvalue weighted by molar-refractivity contribution is -0.147. The first-order chi connectivity index (χ1) is 14.8. The maximum absolute atomic E-state index is 13.2. The molecule has 4 heterocycles. The van der Waals surface area contributed by atoms with E-state index in [9.17, 15) is 18.0 Å². The SMILES string of the molecule is CCCc1cc2c(N3CCn4c(nnc4C(F)(F)F)C3)nc(CC(=O)OCC)nc2s1. The van der Waals surface area contributed by atoms with Gasteiger partial charge in [-0.2, -0.15) is 13.2 Å². The van der Waals surface area contributed by atoms with Gasteiger partial charge in [0, 0.05) is 18.0 Å². The molecule has 0 aromatic carbocycles. The summed E-state index contributed by atoms with van der Waals surface area (Å²) in [4.78, 5) is 24.8. The van der Waals surface area contributed by atoms with Crippen molar-refractivity contribution in [2.24, 2.45) is 0 Å². The van der Waals surface area contributed by atoms with Gasteiger partial charge in [-0.15, -0.1) is 21.5 Å². The summed E-state index contributed by atoms with van der Waals surface area (Å²) in [7, 11) is 0. The van der Waals surface area contributed by atoms with Crippen LogP contribution in [0.3, 0.4) is 0 Å². The van der Waals surface area contributed by atoms with Crippen molar-refractivity contribution in [3.63, 3.8) is 0 Å². The summed E-state index contributed by atoms with van der Waals surface area (Å²) in [5, 5.41) is 7.90. The fourth-order valence-corrected chi connectivity index (χ4v) is 4.72. The second kappa shape index (κ2) is 8.40. The van der Waals surface area contributed by atoms with E-state index < -0.39 is 18.0 Å². The molecule has 12 heteroatoms. The van der Waals surface area contributed by atoms with E-state index in [0.717, 1.165) is 32.5 Å². The molecule has 0 fully saturated rings. The highest BCUT2D eigenvalue weighted by molar-refractivity contribution is 7.18. The monoisotopic (exact) mass is 454 g/mol. The normalized spacial score (nSPS) is 14.2. The topological polar surface area (TPSA) is 86.0 Å². The predicted octanol–water partition coefficient (Wildman–Crippen LogP) is 3.38. The second-order valence-electron chi connectivity index (χ2n) is 7.14. The van der Waals surface area contributed by atoms with Gasteiger partial charge in [-0.25, -0.2) is 9.97 Å². The molecule has 3 aromatic heterocycles. The highest BCUT2D eigenvalue weighted by Gasteiger charge is 2.39. The molecule has 3 aromatic rings. The Labute approximate surface area is 180 Å². The molecular weight excluding hydrogens is 433 g/mol. The van der Waals surface area contributed by atoms with Gasteiger partial charge in [0.2, 0.25) is 5.82 Å². The number of alkyl halides is 3. The number of rotatable bonds is 6. The van der Waals surface area contributed by atoms with Gasteiger partial charge < -0.3 is 14.2 Å². The number of aromatic nitrogens is 5. The standard InChI is InChI=1S/C19H21F3N6O2S/c1-3-5-11-8-12-16(23-13(24-17(12)31-11)9-15(29)30-4-2)27-6-7-28-14(10-27)25-26-18(28)19(20,21)22/h8H,3-7,9-10H2,1-2H3. The van der Waals surface area contributed by atoms with Crippen molar-refractivity contribution in [2.45, 2.75) is 52.4 Å². The lowest BCUT2D eigenvalue weighted by Gasteiger charge is -2.29. The minimum atomic E-state index is -4.55. The number of aryl methyl sites for hydroxylation is 1. The van der Waals surface area contributed by atoms with E-state index in [-0.39, 0.29) is 31.9 Å². The number of halogens is 3. The van der Waals surface area contributed by atoms with Crippen LogP contribution in [0.5, 0.6) is 0 Å². The summed E-state index contributed by atoms with van der Waals surface area (Å²) in [6.07, 6.45) is -2.76. The minimum Gasteiger partial charge on any atom is -0.466 e. The molecule has 0 saturated heterocycles. The molecule has 0 amide bonds. The maximum Gasteiger partial charge on any atom is 0.451 e. The summed E-state index contributed by atoms with van der Waals surface area (Å²) < 4.78 is 45.6. The Kier molecular flexibility index (Phi) is 5.82. The van der Waals surface area contributed by atoms with Gasteiger partial charge in [-0.3, -0.25) is 4.79 Å². The number of nitrogens with zero attached hydrogens (tertiary/aromatic N) is 6. The molecule has 0 spiro atoms. The Balaban J connectivity index is 1.71. The first-order valence-electron chi connectivity index (χ1n) is 9.99.